The zero-order valence-electron chi connectivity index (χ0n) is 9.03. The van der Waals surface area contributed by atoms with Crippen LogP contribution >= 0.6 is 0 Å². The molecule has 8 nitrogen and oxygen atoms in total. The largest absolute Gasteiger partial charge is 0.364 e. The Morgan fingerprint density at radius 2 is 2.44 bits per heavy atom. The molecule has 2 aromatic rings. The molecule has 2 aromatic heterocycles. The van der Waals surface area contributed by atoms with Gasteiger partial charge < -0.3 is 9.84 Å². The topological polar surface area (TPSA) is 118 Å². The summed E-state index contributed by atoms with van der Waals surface area (Å²) in [5, 5.41) is 25.9. The van der Waals surface area contributed by atoms with E-state index in [-0.39, 0.29) is 23.6 Å². The van der Waals surface area contributed by atoms with Crippen LogP contribution in [0.15, 0.2) is 29.1 Å². The van der Waals surface area contributed by atoms with Gasteiger partial charge in [-0.2, -0.15) is 5.26 Å². The maximum Gasteiger partial charge on any atom is 0.312 e. The van der Waals surface area contributed by atoms with Crippen LogP contribution in [0.3, 0.4) is 0 Å². The van der Waals surface area contributed by atoms with Gasteiger partial charge in [0.15, 0.2) is 0 Å². The van der Waals surface area contributed by atoms with Gasteiger partial charge in [-0.1, -0.05) is 5.16 Å². The summed E-state index contributed by atoms with van der Waals surface area (Å²) in [4.78, 5) is 14.1. The highest BCUT2D eigenvalue weighted by atomic mass is 16.6. The van der Waals surface area contributed by atoms with Gasteiger partial charge in [0, 0.05) is 18.3 Å². The van der Waals surface area contributed by atoms with Crippen LogP contribution in [-0.4, -0.2) is 15.1 Å². The molecule has 0 fully saturated rings. The predicted molar refractivity (Wildman–Crippen MR) is 59.4 cm³/mol. The fraction of sp³-hybridized carbons (Fsp3) is 0.100. The minimum absolute atomic E-state index is 0.0852. The standard InChI is InChI=1S/C10H7N5O3/c11-4-7-3-9(15(16)17)10(12-5-7)13-6-8-1-2-18-14-8/h1-3,5H,6H2,(H,12,13). The van der Waals surface area contributed by atoms with Gasteiger partial charge in [0.2, 0.25) is 5.82 Å². The van der Waals surface area contributed by atoms with Crippen LogP contribution in [0, 0.1) is 21.4 Å². The molecule has 1 N–H and O–H groups in total. The van der Waals surface area contributed by atoms with Crippen molar-refractivity contribution in [3.05, 3.63) is 46.0 Å². The Morgan fingerprint density at radius 1 is 1.61 bits per heavy atom. The normalized spacial score (nSPS) is 9.72. The third-order valence-corrected chi connectivity index (χ3v) is 2.12. The van der Waals surface area contributed by atoms with Crippen molar-refractivity contribution in [2.24, 2.45) is 0 Å². The van der Waals surface area contributed by atoms with Crippen molar-refractivity contribution < 1.29 is 9.45 Å². The summed E-state index contributed by atoms with van der Waals surface area (Å²) in [5.74, 6) is 0.0852. The summed E-state index contributed by atoms with van der Waals surface area (Å²) in [6, 6.07) is 4.59. The first-order valence-electron chi connectivity index (χ1n) is 4.88. The lowest BCUT2D eigenvalue weighted by atomic mass is 10.2. The molecule has 0 aliphatic rings. The predicted octanol–water partition coefficient (Wildman–Crippen LogP) is 1.46. The van der Waals surface area contributed by atoms with Gasteiger partial charge in [0.25, 0.3) is 0 Å². The van der Waals surface area contributed by atoms with E-state index in [9.17, 15) is 10.1 Å². The van der Waals surface area contributed by atoms with E-state index in [0.29, 0.717) is 5.69 Å². The zero-order chi connectivity index (χ0) is 13.0. The summed E-state index contributed by atoms with van der Waals surface area (Å²) in [5.41, 5.74) is 0.474. The van der Waals surface area contributed by atoms with Crippen LogP contribution in [0.2, 0.25) is 0 Å². The van der Waals surface area contributed by atoms with Crippen LogP contribution < -0.4 is 5.32 Å². The molecule has 0 bridgehead atoms. The van der Waals surface area contributed by atoms with E-state index in [1.807, 2.05) is 0 Å². The molecule has 8 heteroatoms. The summed E-state index contributed by atoms with van der Waals surface area (Å²) >= 11 is 0. The number of nitro groups is 1. The van der Waals surface area contributed by atoms with E-state index in [1.54, 1.807) is 12.1 Å². The fourth-order valence-corrected chi connectivity index (χ4v) is 1.29. The Bertz CT molecular complexity index is 602. The lowest BCUT2D eigenvalue weighted by molar-refractivity contribution is -0.384. The summed E-state index contributed by atoms with van der Waals surface area (Å²) in [6.07, 6.45) is 2.66. The molecule has 0 saturated carbocycles. The van der Waals surface area contributed by atoms with Crippen molar-refractivity contribution in [3.63, 3.8) is 0 Å². The lowest BCUT2D eigenvalue weighted by Gasteiger charge is -2.03. The molecule has 0 unspecified atom stereocenters. The molecule has 0 aromatic carbocycles. The first-order chi connectivity index (χ1) is 8.70. The smallest absolute Gasteiger partial charge is 0.312 e. The fourth-order valence-electron chi connectivity index (χ4n) is 1.29. The number of hydrogen-bond acceptors (Lipinski definition) is 7. The van der Waals surface area contributed by atoms with E-state index in [2.05, 4.69) is 20.0 Å². The van der Waals surface area contributed by atoms with Gasteiger partial charge in [-0.3, -0.25) is 10.1 Å². The van der Waals surface area contributed by atoms with Crippen molar-refractivity contribution in [2.45, 2.75) is 6.54 Å². The second kappa shape index (κ2) is 4.92. The number of pyridine rings is 1. The zero-order valence-corrected chi connectivity index (χ0v) is 9.03. The quantitative estimate of drug-likeness (QED) is 0.639. The van der Waals surface area contributed by atoms with Gasteiger partial charge in [-0.15, -0.1) is 0 Å². The molecule has 2 rings (SSSR count). The van der Waals surface area contributed by atoms with Crippen LogP contribution in [0.25, 0.3) is 0 Å². The monoisotopic (exact) mass is 245 g/mol. The first kappa shape index (κ1) is 11.5. The van der Waals surface area contributed by atoms with Crippen LogP contribution in [0.1, 0.15) is 11.3 Å². The summed E-state index contributed by atoms with van der Waals surface area (Å²) in [7, 11) is 0. The van der Waals surface area contributed by atoms with Gasteiger partial charge in [0.1, 0.15) is 18.0 Å². The highest BCUT2D eigenvalue weighted by Crippen LogP contribution is 2.22. The number of rotatable bonds is 4. The number of nitrogens with zero attached hydrogens (tertiary/aromatic N) is 4. The van der Waals surface area contributed by atoms with Gasteiger partial charge >= 0.3 is 5.69 Å². The molecule has 0 aliphatic carbocycles. The maximum absolute atomic E-state index is 10.8. The SMILES string of the molecule is N#Cc1cnc(NCc2ccon2)c([N+](=O)[O-])c1. The van der Waals surface area contributed by atoms with Crippen molar-refractivity contribution in [3.8, 4) is 6.07 Å². The Hall–Kier alpha value is -2.95. The van der Waals surface area contributed by atoms with E-state index < -0.39 is 4.92 Å². The van der Waals surface area contributed by atoms with E-state index >= 15 is 0 Å². The Morgan fingerprint density at radius 3 is 3.06 bits per heavy atom. The van der Waals surface area contributed by atoms with Crippen LogP contribution in [0.5, 0.6) is 0 Å². The molecule has 0 spiro atoms. The van der Waals surface area contributed by atoms with Crippen molar-refractivity contribution in [2.75, 3.05) is 5.32 Å². The van der Waals surface area contributed by atoms with Crippen molar-refractivity contribution in [1.82, 2.24) is 10.1 Å². The number of aromatic nitrogens is 2. The third kappa shape index (κ3) is 2.41. The van der Waals surface area contributed by atoms with Crippen LogP contribution in [-0.2, 0) is 6.54 Å². The number of hydrogen-bond donors (Lipinski definition) is 1. The molecule has 0 radical (unpaired) electrons. The molecular formula is C10H7N5O3. The average molecular weight is 245 g/mol. The molecule has 0 saturated heterocycles. The summed E-state index contributed by atoms with van der Waals surface area (Å²) < 4.78 is 4.63. The van der Waals surface area contributed by atoms with Gasteiger partial charge in [-0.05, 0) is 0 Å². The maximum atomic E-state index is 10.8. The average Bonchev–Trinajstić information content (AvgIpc) is 2.89. The molecule has 0 amide bonds. The minimum Gasteiger partial charge on any atom is -0.364 e. The van der Waals surface area contributed by atoms with E-state index in [1.165, 1.54) is 12.5 Å². The molecule has 90 valence electrons. The molecule has 0 atom stereocenters. The third-order valence-electron chi connectivity index (χ3n) is 2.12. The molecule has 0 aliphatic heterocycles. The Labute approximate surface area is 101 Å². The van der Waals surface area contributed by atoms with Crippen molar-refractivity contribution >= 4 is 11.5 Å². The highest BCUT2D eigenvalue weighted by Gasteiger charge is 2.16. The second-order valence-electron chi connectivity index (χ2n) is 3.30. The van der Waals surface area contributed by atoms with E-state index in [0.717, 1.165) is 6.07 Å². The first-order valence-corrected chi connectivity index (χ1v) is 4.88. The number of nitriles is 1. The molecular weight excluding hydrogens is 238 g/mol. The summed E-state index contributed by atoms with van der Waals surface area (Å²) in [6.45, 7) is 0.246. The van der Waals surface area contributed by atoms with Crippen molar-refractivity contribution in [1.29, 1.82) is 5.26 Å². The Kier molecular flexibility index (Phi) is 3.15. The van der Waals surface area contributed by atoms with Gasteiger partial charge in [-0.25, -0.2) is 4.98 Å². The minimum atomic E-state index is -0.598. The lowest BCUT2D eigenvalue weighted by Crippen LogP contribution is -2.05. The van der Waals surface area contributed by atoms with E-state index in [4.69, 9.17) is 5.26 Å². The molecule has 2 heterocycles. The second-order valence-corrected chi connectivity index (χ2v) is 3.30. The van der Waals surface area contributed by atoms with Crippen LogP contribution in [0.4, 0.5) is 11.5 Å². The molecule has 18 heavy (non-hydrogen) atoms. The number of anilines is 1. The number of nitrogens with one attached hydrogen (secondary N) is 1. The highest BCUT2D eigenvalue weighted by molar-refractivity contribution is 5.58. The Balaban J connectivity index is 2.22. The van der Waals surface area contributed by atoms with Gasteiger partial charge in [0.05, 0.1) is 17.0 Å².